The fourth-order valence-corrected chi connectivity index (χ4v) is 2.92. The van der Waals surface area contributed by atoms with Crippen LogP contribution in [-0.2, 0) is 12.3 Å². The van der Waals surface area contributed by atoms with Gasteiger partial charge in [0.2, 0.25) is 0 Å². The van der Waals surface area contributed by atoms with Crippen molar-refractivity contribution in [3.63, 3.8) is 0 Å². The van der Waals surface area contributed by atoms with Gasteiger partial charge in [-0.2, -0.15) is 0 Å². The second-order valence-corrected chi connectivity index (χ2v) is 6.13. The molecule has 0 amide bonds. The number of benzene rings is 1. The van der Waals surface area contributed by atoms with E-state index in [9.17, 15) is 0 Å². The Labute approximate surface area is 129 Å². The number of nitrogens with one attached hydrogen (secondary N) is 1. The Balaban J connectivity index is 1.67. The van der Waals surface area contributed by atoms with Gasteiger partial charge in [0.1, 0.15) is 10.8 Å². The zero-order valence-corrected chi connectivity index (χ0v) is 12.9. The molecule has 1 aliphatic rings. The minimum Gasteiger partial charge on any atom is -0.496 e. The lowest BCUT2D eigenvalue weighted by Gasteiger charge is -2.11. The lowest BCUT2D eigenvalue weighted by Crippen LogP contribution is -2.15. The Kier molecular flexibility index (Phi) is 4.72. The monoisotopic (exact) mass is 301 g/mol. The number of aromatic nitrogens is 2. The molecule has 1 heterocycles. The molecule has 3 rings (SSSR count). The van der Waals surface area contributed by atoms with E-state index < -0.39 is 0 Å². The maximum atomic E-state index is 5.46. The Morgan fingerprint density at radius 2 is 2.24 bits per heavy atom. The van der Waals surface area contributed by atoms with Crippen LogP contribution in [-0.4, -0.2) is 23.1 Å². The quantitative estimate of drug-likeness (QED) is 0.797. The Morgan fingerprint density at radius 3 is 2.95 bits per heavy atom. The third-order valence-electron chi connectivity index (χ3n) is 3.43. The van der Waals surface area contributed by atoms with Crippen LogP contribution in [0.3, 0.4) is 0 Å². The predicted octanol–water partition coefficient (Wildman–Crippen LogP) is 3.03. The van der Waals surface area contributed by atoms with Crippen LogP contribution in [0.15, 0.2) is 41.8 Å². The summed E-state index contributed by atoms with van der Waals surface area (Å²) in [6.07, 6.45) is 7.82. The minimum atomic E-state index is 0.726. The van der Waals surface area contributed by atoms with Gasteiger partial charge in [0.25, 0.3) is 0 Å². The fourth-order valence-electron chi connectivity index (χ4n) is 2.12. The number of rotatable bonds is 7. The van der Waals surface area contributed by atoms with Gasteiger partial charge in [0.05, 0.1) is 13.3 Å². The minimum absolute atomic E-state index is 0.726. The van der Waals surface area contributed by atoms with E-state index >= 15 is 0 Å². The molecule has 0 radical (unpaired) electrons. The molecule has 1 fully saturated rings. The molecule has 0 bridgehead atoms. The van der Waals surface area contributed by atoms with Crippen LogP contribution in [0.1, 0.15) is 24.0 Å². The Hall–Kier alpha value is -1.59. The van der Waals surface area contributed by atoms with Crippen LogP contribution in [0, 0.1) is 0 Å². The van der Waals surface area contributed by atoms with Gasteiger partial charge in [-0.1, -0.05) is 17.8 Å². The van der Waals surface area contributed by atoms with Gasteiger partial charge in [-0.3, -0.25) is 4.98 Å². The number of thioether (sulfide) groups is 1. The summed E-state index contributed by atoms with van der Waals surface area (Å²) in [7, 11) is 1.72. The molecule has 0 saturated heterocycles. The van der Waals surface area contributed by atoms with E-state index in [0.29, 0.717) is 0 Å². The van der Waals surface area contributed by atoms with E-state index in [1.54, 1.807) is 37.5 Å². The van der Waals surface area contributed by atoms with Crippen molar-refractivity contribution in [3.8, 4) is 5.75 Å². The third kappa shape index (κ3) is 4.19. The normalized spacial score (nSPS) is 14.1. The van der Waals surface area contributed by atoms with Crippen LogP contribution in [0.2, 0.25) is 0 Å². The molecule has 1 aromatic carbocycles. The number of ether oxygens (including phenoxy) is 1. The van der Waals surface area contributed by atoms with Gasteiger partial charge < -0.3 is 10.1 Å². The number of hydrogen-bond donors (Lipinski definition) is 1. The van der Waals surface area contributed by atoms with Gasteiger partial charge in [-0.05, 0) is 30.5 Å². The second-order valence-electron chi connectivity index (χ2n) is 5.13. The molecule has 0 unspecified atom stereocenters. The molecule has 0 aliphatic heterocycles. The maximum Gasteiger partial charge on any atom is 0.122 e. The van der Waals surface area contributed by atoms with Crippen molar-refractivity contribution in [3.05, 3.63) is 47.9 Å². The van der Waals surface area contributed by atoms with E-state index in [4.69, 9.17) is 4.74 Å². The lowest BCUT2D eigenvalue weighted by atomic mass is 10.1. The summed E-state index contributed by atoms with van der Waals surface area (Å²) in [5.41, 5.74) is 2.50. The van der Waals surface area contributed by atoms with E-state index in [1.165, 1.54) is 24.0 Å². The van der Waals surface area contributed by atoms with Gasteiger partial charge in [-0.15, -0.1) is 0 Å². The third-order valence-corrected chi connectivity index (χ3v) is 4.39. The molecule has 2 aromatic rings. The molecule has 1 N–H and O–H groups in total. The van der Waals surface area contributed by atoms with Crippen molar-refractivity contribution in [2.75, 3.05) is 7.11 Å². The van der Waals surface area contributed by atoms with Gasteiger partial charge in [0, 0.05) is 36.3 Å². The number of hydrogen-bond acceptors (Lipinski definition) is 5. The Bertz CT molecular complexity index is 587. The molecular weight excluding hydrogens is 282 g/mol. The molecular formula is C16H19N3OS. The molecule has 1 aromatic heterocycles. The van der Waals surface area contributed by atoms with E-state index in [-0.39, 0.29) is 0 Å². The number of nitrogens with zero attached hydrogens (tertiary/aromatic N) is 2. The first-order valence-electron chi connectivity index (χ1n) is 7.13. The van der Waals surface area contributed by atoms with Crippen LogP contribution < -0.4 is 10.1 Å². The van der Waals surface area contributed by atoms with Crippen molar-refractivity contribution < 1.29 is 4.74 Å². The van der Waals surface area contributed by atoms with E-state index in [2.05, 4.69) is 33.5 Å². The van der Waals surface area contributed by atoms with Crippen LogP contribution >= 0.6 is 11.8 Å². The van der Waals surface area contributed by atoms with E-state index in [1.807, 2.05) is 0 Å². The zero-order valence-electron chi connectivity index (χ0n) is 12.1. The maximum absolute atomic E-state index is 5.46. The lowest BCUT2D eigenvalue weighted by molar-refractivity contribution is 0.411. The highest BCUT2D eigenvalue weighted by Crippen LogP contribution is 2.28. The summed E-state index contributed by atoms with van der Waals surface area (Å²) in [4.78, 5) is 8.38. The van der Waals surface area contributed by atoms with Gasteiger partial charge >= 0.3 is 0 Å². The first-order chi connectivity index (χ1) is 10.3. The molecule has 110 valence electrons. The molecule has 0 spiro atoms. The zero-order chi connectivity index (χ0) is 14.5. The van der Waals surface area contributed by atoms with Gasteiger partial charge in [0.15, 0.2) is 0 Å². The molecule has 1 saturated carbocycles. The topological polar surface area (TPSA) is 47.0 Å². The van der Waals surface area contributed by atoms with Crippen molar-refractivity contribution in [1.82, 2.24) is 15.3 Å². The smallest absolute Gasteiger partial charge is 0.122 e. The van der Waals surface area contributed by atoms with Crippen molar-refractivity contribution in [2.24, 2.45) is 0 Å². The molecule has 1 aliphatic carbocycles. The first-order valence-corrected chi connectivity index (χ1v) is 8.11. The Morgan fingerprint density at radius 1 is 1.33 bits per heavy atom. The predicted molar refractivity (Wildman–Crippen MR) is 84.4 cm³/mol. The summed E-state index contributed by atoms with van der Waals surface area (Å²) >= 11 is 1.67. The van der Waals surface area contributed by atoms with Crippen LogP contribution in [0.4, 0.5) is 0 Å². The summed E-state index contributed by atoms with van der Waals surface area (Å²) in [6, 6.07) is 7.13. The largest absolute Gasteiger partial charge is 0.496 e. The van der Waals surface area contributed by atoms with Crippen molar-refractivity contribution >= 4 is 11.8 Å². The van der Waals surface area contributed by atoms with Crippen molar-refractivity contribution in [2.45, 2.75) is 36.2 Å². The van der Waals surface area contributed by atoms with Crippen molar-refractivity contribution in [1.29, 1.82) is 0 Å². The SMILES string of the molecule is COc1ccc(CNC2CC2)cc1CSc1cnccn1. The number of methoxy groups -OCH3 is 1. The molecule has 5 heteroatoms. The summed E-state index contributed by atoms with van der Waals surface area (Å²) in [5.74, 6) is 1.76. The molecule has 4 nitrogen and oxygen atoms in total. The first kappa shape index (κ1) is 14.4. The van der Waals surface area contributed by atoms with Crippen LogP contribution in [0.5, 0.6) is 5.75 Å². The van der Waals surface area contributed by atoms with Crippen LogP contribution in [0.25, 0.3) is 0 Å². The highest BCUT2D eigenvalue weighted by atomic mass is 32.2. The summed E-state index contributed by atoms with van der Waals surface area (Å²) in [5, 5.41) is 4.47. The summed E-state index contributed by atoms with van der Waals surface area (Å²) in [6.45, 7) is 0.928. The molecule has 0 atom stereocenters. The average Bonchev–Trinajstić information content (AvgIpc) is 3.36. The van der Waals surface area contributed by atoms with E-state index in [0.717, 1.165) is 29.1 Å². The fraction of sp³-hybridized carbons (Fsp3) is 0.375. The molecule has 21 heavy (non-hydrogen) atoms. The van der Waals surface area contributed by atoms with Gasteiger partial charge in [-0.25, -0.2) is 4.98 Å². The second kappa shape index (κ2) is 6.91. The standard InChI is InChI=1S/C16H19N3OS/c1-20-15-5-2-12(9-19-14-3-4-14)8-13(15)11-21-16-10-17-6-7-18-16/h2,5-8,10,14,19H,3-4,9,11H2,1H3. The average molecular weight is 301 g/mol. The summed E-state index contributed by atoms with van der Waals surface area (Å²) < 4.78 is 5.46. The highest BCUT2D eigenvalue weighted by Gasteiger charge is 2.20. The highest BCUT2D eigenvalue weighted by molar-refractivity contribution is 7.98.